The van der Waals surface area contributed by atoms with Crippen molar-refractivity contribution >= 4 is 34.2 Å². The van der Waals surface area contributed by atoms with Crippen LogP contribution in [0.2, 0.25) is 5.02 Å². The molecule has 1 fully saturated rings. The molecule has 0 spiro atoms. The Hall–Kier alpha value is -4.89. The van der Waals surface area contributed by atoms with Crippen LogP contribution < -0.4 is 10.4 Å². The van der Waals surface area contributed by atoms with Gasteiger partial charge in [0.25, 0.3) is 5.91 Å². The van der Waals surface area contributed by atoms with Gasteiger partial charge in [0.05, 0.1) is 29.5 Å². The van der Waals surface area contributed by atoms with E-state index in [4.69, 9.17) is 26.4 Å². The van der Waals surface area contributed by atoms with E-state index >= 15 is 0 Å². The number of piperidine rings is 1. The zero-order valence-electron chi connectivity index (χ0n) is 22.8. The van der Waals surface area contributed by atoms with Gasteiger partial charge < -0.3 is 14.6 Å². The van der Waals surface area contributed by atoms with E-state index in [0.29, 0.717) is 53.7 Å². The lowest BCUT2D eigenvalue weighted by molar-refractivity contribution is 0.0686. The monoisotopic (exact) mass is 578 g/mol. The lowest BCUT2D eigenvalue weighted by Crippen LogP contribution is -2.41. The molecule has 0 atom stereocenters. The Morgan fingerprint density at radius 1 is 0.929 bits per heavy atom. The topological polar surface area (TPSA) is 97.5 Å². The molecule has 0 saturated carbocycles. The number of ether oxygens (including phenoxy) is 1. The summed E-state index contributed by atoms with van der Waals surface area (Å²) in [4.78, 5) is 36.5. The molecule has 42 heavy (non-hydrogen) atoms. The Balaban J connectivity index is 1.23. The fraction of sp³-hybridized carbons (Fsp3) is 0.188. The maximum atomic E-state index is 14.1. The molecule has 1 aliphatic heterocycles. The van der Waals surface area contributed by atoms with Crippen molar-refractivity contribution in [1.82, 2.24) is 29.0 Å². The molecule has 6 aromatic rings. The SMILES string of the molecule is COc1ccc(-c2cc(C(=O)N3CCC(n4c(=O)[nH]c5ccccc54)CC3)n3nc(-c4ccc(Cl)cc4)cc3n2)cc1. The highest BCUT2D eigenvalue weighted by Crippen LogP contribution is 2.29. The number of rotatable bonds is 5. The third-order valence-electron chi connectivity index (χ3n) is 7.91. The molecule has 0 aliphatic carbocycles. The molecule has 7 rings (SSSR count). The largest absolute Gasteiger partial charge is 0.497 e. The zero-order chi connectivity index (χ0) is 28.8. The number of methoxy groups -OCH3 is 1. The number of amides is 1. The maximum absolute atomic E-state index is 14.1. The van der Waals surface area contributed by atoms with Crippen LogP contribution >= 0.6 is 11.6 Å². The van der Waals surface area contributed by atoms with Crippen LogP contribution in [0.25, 0.3) is 39.2 Å². The molecule has 3 aromatic heterocycles. The molecule has 210 valence electrons. The van der Waals surface area contributed by atoms with Crippen LogP contribution in [0.15, 0.2) is 89.7 Å². The summed E-state index contributed by atoms with van der Waals surface area (Å²) < 4.78 is 8.77. The first-order valence-corrected chi connectivity index (χ1v) is 14.2. The second kappa shape index (κ2) is 10.5. The minimum absolute atomic E-state index is 0.00577. The molecule has 0 unspecified atom stereocenters. The van der Waals surface area contributed by atoms with Crippen molar-refractivity contribution in [1.29, 1.82) is 0 Å². The Bertz CT molecular complexity index is 1980. The molecule has 9 nitrogen and oxygen atoms in total. The van der Waals surface area contributed by atoms with Gasteiger partial charge in [-0.05, 0) is 67.4 Å². The number of likely N-dealkylation sites (tertiary alicyclic amines) is 1. The van der Waals surface area contributed by atoms with Gasteiger partial charge >= 0.3 is 5.69 Å². The second-order valence-electron chi connectivity index (χ2n) is 10.4. The van der Waals surface area contributed by atoms with Crippen LogP contribution in [-0.4, -0.2) is 55.2 Å². The summed E-state index contributed by atoms with van der Waals surface area (Å²) >= 11 is 6.10. The van der Waals surface area contributed by atoms with Crippen molar-refractivity contribution in [2.75, 3.05) is 20.2 Å². The number of aromatic amines is 1. The number of nitrogens with zero attached hydrogens (tertiary/aromatic N) is 5. The average molecular weight is 579 g/mol. The van der Waals surface area contributed by atoms with E-state index in [1.807, 2.05) is 88.3 Å². The van der Waals surface area contributed by atoms with Gasteiger partial charge in [-0.2, -0.15) is 5.10 Å². The number of hydrogen-bond acceptors (Lipinski definition) is 5. The van der Waals surface area contributed by atoms with Crippen LogP contribution in [-0.2, 0) is 0 Å². The average Bonchev–Trinajstić information content (AvgIpc) is 3.61. The maximum Gasteiger partial charge on any atom is 0.326 e. The first-order valence-electron chi connectivity index (χ1n) is 13.8. The van der Waals surface area contributed by atoms with Crippen molar-refractivity contribution in [2.24, 2.45) is 0 Å². The summed E-state index contributed by atoms with van der Waals surface area (Å²) in [5.74, 6) is 0.607. The molecule has 0 bridgehead atoms. The van der Waals surface area contributed by atoms with Crippen molar-refractivity contribution in [3.8, 4) is 28.3 Å². The van der Waals surface area contributed by atoms with Crippen molar-refractivity contribution in [2.45, 2.75) is 18.9 Å². The molecule has 1 amide bonds. The van der Waals surface area contributed by atoms with Gasteiger partial charge in [-0.1, -0.05) is 35.9 Å². The smallest absolute Gasteiger partial charge is 0.326 e. The molecule has 4 heterocycles. The number of benzene rings is 3. The van der Waals surface area contributed by atoms with E-state index in [0.717, 1.165) is 27.9 Å². The highest BCUT2D eigenvalue weighted by Gasteiger charge is 2.29. The lowest BCUT2D eigenvalue weighted by Gasteiger charge is -2.32. The van der Waals surface area contributed by atoms with E-state index in [-0.39, 0.29) is 17.6 Å². The van der Waals surface area contributed by atoms with Crippen molar-refractivity contribution in [3.63, 3.8) is 0 Å². The van der Waals surface area contributed by atoms with Crippen molar-refractivity contribution in [3.05, 3.63) is 106 Å². The van der Waals surface area contributed by atoms with E-state index < -0.39 is 0 Å². The summed E-state index contributed by atoms with van der Waals surface area (Å²) in [5, 5.41) is 5.42. The Morgan fingerprint density at radius 2 is 1.62 bits per heavy atom. The van der Waals surface area contributed by atoms with E-state index in [1.165, 1.54) is 0 Å². The summed E-state index contributed by atoms with van der Waals surface area (Å²) in [6.07, 6.45) is 1.34. The van der Waals surface area contributed by atoms with Gasteiger partial charge in [-0.15, -0.1) is 0 Å². The number of carbonyl (C=O) groups excluding carboxylic acids is 1. The number of hydrogen-bond donors (Lipinski definition) is 1. The quantitative estimate of drug-likeness (QED) is 0.277. The highest BCUT2D eigenvalue weighted by molar-refractivity contribution is 6.30. The van der Waals surface area contributed by atoms with Crippen LogP contribution in [0.4, 0.5) is 0 Å². The molecular formula is C32H27ClN6O3. The lowest BCUT2D eigenvalue weighted by atomic mass is 10.0. The number of para-hydroxylation sites is 2. The molecular weight excluding hydrogens is 552 g/mol. The summed E-state index contributed by atoms with van der Waals surface area (Å²) in [6.45, 7) is 1.03. The van der Waals surface area contributed by atoms with Gasteiger partial charge in [-0.25, -0.2) is 14.3 Å². The number of fused-ring (bicyclic) bond motifs is 2. The van der Waals surface area contributed by atoms with Crippen molar-refractivity contribution < 1.29 is 9.53 Å². The number of aromatic nitrogens is 5. The van der Waals surface area contributed by atoms with Gasteiger partial charge in [0.2, 0.25) is 0 Å². The molecule has 10 heteroatoms. The van der Waals surface area contributed by atoms with E-state index in [9.17, 15) is 9.59 Å². The fourth-order valence-electron chi connectivity index (χ4n) is 5.72. The number of imidazole rings is 1. The number of carbonyl (C=O) groups is 1. The van der Waals surface area contributed by atoms with E-state index in [2.05, 4.69) is 4.98 Å². The molecule has 1 saturated heterocycles. The number of H-pyrrole nitrogens is 1. The minimum Gasteiger partial charge on any atom is -0.497 e. The van der Waals surface area contributed by atoms with Gasteiger partial charge in [0, 0.05) is 41.3 Å². The summed E-state index contributed by atoms with van der Waals surface area (Å²) in [7, 11) is 1.62. The van der Waals surface area contributed by atoms with Gasteiger partial charge in [0.1, 0.15) is 11.4 Å². The zero-order valence-corrected chi connectivity index (χ0v) is 23.6. The Labute approximate surface area is 245 Å². The van der Waals surface area contributed by atoms with Gasteiger partial charge in [0.15, 0.2) is 5.65 Å². The van der Waals surface area contributed by atoms with Crippen LogP contribution in [0.3, 0.4) is 0 Å². The third kappa shape index (κ3) is 4.61. The van der Waals surface area contributed by atoms with Crippen LogP contribution in [0.1, 0.15) is 29.4 Å². The van der Waals surface area contributed by atoms with E-state index in [1.54, 1.807) is 17.7 Å². The first-order chi connectivity index (χ1) is 20.5. The summed E-state index contributed by atoms with van der Waals surface area (Å²) in [5.41, 5.74) is 5.67. The molecule has 3 aromatic carbocycles. The molecule has 1 N–H and O–H groups in total. The third-order valence-corrected chi connectivity index (χ3v) is 8.16. The summed E-state index contributed by atoms with van der Waals surface area (Å²) in [6, 6.07) is 26.4. The highest BCUT2D eigenvalue weighted by atomic mass is 35.5. The second-order valence-corrected chi connectivity index (χ2v) is 10.8. The standard InChI is InChI=1S/C32H27ClN6O3/c1-42-24-12-8-20(9-13-24)26-18-29(39-30(34-26)19-27(36-39)21-6-10-22(33)11-7-21)31(40)37-16-14-23(15-17-37)38-28-5-3-2-4-25(28)35-32(38)41/h2-13,18-19,23H,14-17H2,1H3,(H,35,41). The number of halogens is 1. The Morgan fingerprint density at radius 3 is 2.36 bits per heavy atom. The Kier molecular flexibility index (Phi) is 6.51. The minimum atomic E-state index is -0.132. The fourth-order valence-corrected chi connectivity index (χ4v) is 5.85. The van der Waals surface area contributed by atoms with Crippen LogP contribution in [0, 0.1) is 0 Å². The predicted octanol–water partition coefficient (Wildman–Crippen LogP) is 5.85. The number of nitrogens with one attached hydrogen (secondary N) is 1. The predicted molar refractivity (Wildman–Crippen MR) is 162 cm³/mol. The normalized spacial score (nSPS) is 14.1. The molecule has 1 aliphatic rings. The van der Waals surface area contributed by atoms with Gasteiger partial charge in [-0.3, -0.25) is 9.36 Å². The molecule has 0 radical (unpaired) electrons. The first kappa shape index (κ1) is 26.0. The van der Waals surface area contributed by atoms with Crippen LogP contribution in [0.5, 0.6) is 5.75 Å².